The van der Waals surface area contributed by atoms with Crippen molar-refractivity contribution in [1.82, 2.24) is 4.98 Å². The number of fused-ring (bicyclic) bond motifs is 1. The van der Waals surface area contributed by atoms with Crippen molar-refractivity contribution in [2.75, 3.05) is 0 Å². The summed E-state index contributed by atoms with van der Waals surface area (Å²) < 4.78 is 0. The second-order valence-electron chi connectivity index (χ2n) is 5.34. The van der Waals surface area contributed by atoms with Gasteiger partial charge < -0.3 is 4.98 Å². The Labute approximate surface area is 133 Å². The lowest BCUT2D eigenvalue weighted by Crippen LogP contribution is -1.81. The zero-order chi connectivity index (χ0) is 16.1. The van der Waals surface area contributed by atoms with Crippen LogP contribution in [0.5, 0.6) is 0 Å². The number of nitrogens with one attached hydrogen (secondary N) is 1. The summed E-state index contributed by atoms with van der Waals surface area (Å²) in [7, 11) is 0. The van der Waals surface area contributed by atoms with Gasteiger partial charge in [0.25, 0.3) is 0 Å². The summed E-state index contributed by atoms with van der Waals surface area (Å²) in [4.78, 5) is 3.47. The minimum atomic E-state index is 1.05. The molecule has 1 aromatic heterocycles. The highest BCUT2D eigenvalue weighted by Crippen LogP contribution is 2.28. The SMILES string of the molecule is C=Cc1c(/C=C\C)[nH]c2cc(C(/C=C\C(=C)C)=C/C)ccc12. The molecule has 2 rings (SSSR count). The molecule has 0 unspecified atom stereocenters. The quantitative estimate of drug-likeness (QED) is 0.615. The minimum absolute atomic E-state index is 1.05. The van der Waals surface area contributed by atoms with Gasteiger partial charge in [-0.2, -0.15) is 0 Å². The molecular formula is C21H23N. The highest BCUT2D eigenvalue weighted by atomic mass is 14.7. The van der Waals surface area contributed by atoms with Gasteiger partial charge >= 0.3 is 0 Å². The van der Waals surface area contributed by atoms with Crippen LogP contribution in [0.4, 0.5) is 0 Å². The molecule has 0 atom stereocenters. The zero-order valence-electron chi connectivity index (χ0n) is 13.6. The third kappa shape index (κ3) is 3.20. The maximum atomic E-state index is 3.93. The van der Waals surface area contributed by atoms with Gasteiger partial charge in [-0.25, -0.2) is 0 Å². The monoisotopic (exact) mass is 289 g/mol. The fraction of sp³-hybridized carbons (Fsp3) is 0.143. The number of allylic oxidation sites excluding steroid dienone is 6. The van der Waals surface area contributed by atoms with Crippen molar-refractivity contribution in [2.24, 2.45) is 0 Å². The molecule has 1 heteroatoms. The first-order valence-electron chi connectivity index (χ1n) is 7.51. The summed E-state index contributed by atoms with van der Waals surface area (Å²) >= 11 is 0. The maximum Gasteiger partial charge on any atom is 0.0471 e. The van der Waals surface area contributed by atoms with Gasteiger partial charge in [0.2, 0.25) is 0 Å². The number of aromatic amines is 1. The van der Waals surface area contributed by atoms with Gasteiger partial charge in [0, 0.05) is 22.2 Å². The van der Waals surface area contributed by atoms with E-state index in [0.717, 1.165) is 22.3 Å². The molecule has 112 valence electrons. The lowest BCUT2D eigenvalue weighted by atomic mass is 10.0. The van der Waals surface area contributed by atoms with E-state index in [4.69, 9.17) is 0 Å². The molecule has 0 spiro atoms. The Morgan fingerprint density at radius 2 is 1.95 bits per heavy atom. The van der Waals surface area contributed by atoms with Gasteiger partial charge in [-0.3, -0.25) is 0 Å². The maximum absolute atomic E-state index is 3.93. The predicted octanol–water partition coefficient (Wildman–Crippen LogP) is 6.38. The Morgan fingerprint density at radius 1 is 1.18 bits per heavy atom. The summed E-state index contributed by atoms with van der Waals surface area (Å²) in [6.45, 7) is 13.9. The highest BCUT2D eigenvalue weighted by Gasteiger charge is 2.08. The van der Waals surface area contributed by atoms with Crippen LogP contribution in [0.2, 0.25) is 0 Å². The summed E-state index contributed by atoms with van der Waals surface area (Å²) in [5, 5.41) is 1.20. The number of aromatic nitrogens is 1. The largest absolute Gasteiger partial charge is 0.355 e. The van der Waals surface area contributed by atoms with Gasteiger partial charge in [-0.05, 0) is 44.1 Å². The first kappa shape index (κ1) is 15.8. The van der Waals surface area contributed by atoms with E-state index in [1.165, 1.54) is 16.5 Å². The molecule has 0 bridgehead atoms. The molecule has 0 radical (unpaired) electrons. The molecule has 0 aliphatic rings. The van der Waals surface area contributed by atoms with Crippen molar-refractivity contribution in [2.45, 2.75) is 20.8 Å². The molecule has 2 aromatic rings. The highest BCUT2D eigenvalue weighted by molar-refractivity contribution is 5.95. The zero-order valence-corrected chi connectivity index (χ0v) is 13.6. The van der Waals surface area contributed by atoms with Crippen molar-refractivity contribution >= 4 is 28.6 Å². The van der Waals surface area contributed by atoms with E-state index in [0.29, 0.717) is 0 Å². The van der Waals surface area contributed by atoms with Gasteiger partial charge in [-0.15, -0.1) is 0 Å². The summed E-state index contributed by atoms with van der Waals surface area (Å²) in [5.74, 6) is 0. The molecule has 0 saturated heterocycles. The van der Waals surface area contributed by atoms with Crippen LogP contribution < -0.4 is 0 Å². The van der Waals surface area contributed by atoms with E-state index in [-0.39, 0.29) is 0 Å². The molecule has 1 aromatic carbocycles. The minimum Gasteiger partial charge on any atom is -0.355 e. The van der Waals surface area contributed by atoms with E-state index in [1.54, 1.807) is 0 Å². The Balaban J connectivity index is 2.55. The molecule has 0 fully saturated rings. The van der Waals surface area contributed by atoms with E-state index in [2.05, 4.69) is 61.5 Å². The number of benzene rings is 1. The van der Waals surface area contributed by atoms with Crippen LogP contribution in [0, 0.1) is 0 Å². The van der Waals surface area contributed by atoms with Crippen LogP contribution in [0.15, 0.2) is 61.2 Å². The second kappa shape index (κ2) is 6.95. The van der Waals surface area contributed by atoms with Crippen LogP contribution in [0.1, 0.15) is 37.6 Å². The molecule has 1 N–H and O–H groups in total. The van der Waals surface area contributed by atoms with Gasteiger partial charge in [0.1, 0.15) is 0 Å². The second-order valence-corrected chi connectivity index (χ2v) is 5.34. The van der Waals surface area contributed by atoms with Gasteiger partial charge in [-0.1, -0.05) is 61.2 Å². The fourth-order valence-electron chi connectivity index (χ4n) is 2.53. The Hall–Kier alpha value is -2.54. The molecular weight excluding hydrogens is 266 g/mol. The molecule has 0 aliphatic heterocycles. The Kier molecular flexibility index (Phi) is 5.00. The van der Waals surface area contributed by atoms with Crippen molar-refractivity contribution in [3.05, 3.63) is 78.1 Å². The topological polar surface area (TPSA) is 15.8 Å². The van der Waals surface area contributed by atoms with Crippen LogP contribution >= 0.6 is 0 Å². The molecule has 0 amide bonds. The lowest BCUT2D eigenvalue weighted by molar-refractivity contribution is 1.42. The molecule has 0 aliphatic carbocycles. The third-order valence-corrected chi connectivity index (χ3v) is 3.60. The van der Waals surface area contributed by atoms with E-state index in [9.17, 15) is 0 Å². The van der Waals surface area contributed by atoms with Crippen LogP contribution in [0.3, 0.4) is 0 Å². The number of hydrogen-bond donors (Lipinski definition) is 1. The van der Waals surface area contributed by atoms with Crippen LogP contribution in [-0.4, -0.2) is 4.98 Å². The molecule has 1 nitrogen and oxygen atoms in total. The van der Waals surface area contributed by atoms with Crippen molar-refractivity contribution < 1.29 is 0 Å². The number of rotatable bonds is 5. The number of H-pyrrole nitrogens is 1. The summed E-state index contributed by atoms with van der Waals surface area (Å²) in [6, 6.07) is 6.50. The van der Waals surface area contributed by atoms with Crippen molar-refractivity contribution in [3.63, 3.8) is 0 Å². The lowest BCUT2D eigenvalue weighted by Gasteiger charge is -2.03. The van der Waals surface area contributed by atoms with Crippen molar-refractivity contribution in [3.8, 4) is 0 Å². The molecule has 22 heavy (non-hydrogen) atoms. The van der Waals surface area contributed by atoms with Crippen molar-refractivity contribution in [1.29, 1.82) is 0 Å². The standard InChI is InChI=1S/C21H23N/c1-6-9-20-18(8-3)19-13-12-17(14-21(19)22-20)16(7-2)11-10-15(4)5/h6-14,22H,3-4H2,1-2,5H3/b9-6-,11-10-,16-7+. The fourth-order valence-corrected chi connectivity index (χ4v) is 2.53. The summed E-state index contributed by atoms with van der Waals surface area (Å²) in [5.41, 5.74) is 6.81. The first-order valence-corrected chi connectivity index (χ1v) is 7.51. The average Bonchev–Trinajstić information content (AvgIpc) is 2.84. The van der Waals surface area contributed by atoms with Crippen LogP contribution in [-0.2, 0) is 0 Å². The van der Waals surface area contributed by atoms with Crippen LogP contribution in [0.25, 0.3) is 28.6 Å². The number of hydrogen-bond acceptors (Lipinski definition) is 0. The Bertz CT molecular complexity index is 795. The van der Waals surface area contributed by atoms with E-state index >= 15 is 0 Å². The first-order chi connectivity index (χ1) is 10.6. The predicted molar refractivity (Wildman–Crippen MR) is 101 cm³/mol. The average molecular weight is 289 g/mol. The van der Waals surface area contributed by atoms with Gasteiger partial charge in [0.15, 0.2) is 0 Å². The van der Waals surface area contributed by atoms with E-state index < -0.39 is 0 Å². The summed E-state index contributed by atoms with van der Waals surface area (Å²) in [6.07, 6.45) is 12.3. The van der Waals surface area contributed by atoms with Gasteiger partial charge in [0.05, 0.1) is 0 Å². The third-order valence-electron chi connectivity index (χ3n) is 3.60. The molecule has 0 saturated carbocycles. The van der Waals surface area contributed by atoms with E-state index in [1.807, 2.05) is 32.1 Å². The Morgan fingerprint density at radius 3 is 2.55 bits per heavy atom. The smallest absolute Gasteiger partial charge is 0.0471 e. The normalized spacial score (nSPS) is 12.6. The molecule has 1 heterocycles.